The molecular weight excluding hydrogens is 277 g/mol. The number of carbonyl (C=O) groups is 1. The van der Waals surface area contributed by atoms with Crippen LogP contribution in [0.1, 0.15) is 44.1 Å². The molecule has 1 fully saturated rings. The summed E-state index contributed by atoms with van der Waals surface area (Å²) in [6.07, 6.45) is -0.779. The Labute approximate surface area is 123 Å². The molecular formula is C17H21F3O. The van der Waals surface area contributed by atoms with Crippen molar-refractivity contribution >= 4 is 5.78 Å². The van der Waals surface area contributed by atoms with E-state index in [1.807, 2.05) is 30.3 Å². The molecule has 0 aliphatic heterocycles. The molecule has 4 heteroatoms. The van der Waals surface area contributed by atoms with Gasteiger partial charge in [0.25, 0.3) is 0 Å². The summed E-state index contributed by atoms with van der Waals surface area (Å²) in [6.45, 7) is 0. The topological polar surface area (TPSA) is 17.1 Å². The van der Waals surface area contributed by atoms with Crippen molar-refractivity contribution < 1.29 is 18.0 Å². The van der Waals surface area contributed by atoms with Crippen molar-refractivity contribution in [1.29, 1.82) is 0 Å². The molecule has 0 amide bonds. The minimum Gasteiger partial charge on any atom is -0.299 e. The summed E-state index contributed by atoms with van der Waals surface area (Å²) in [4.78, 5) is 12.1. The minimum atomic E-state index is -4.24. The van der Waals surface area contributed by atoms with E-state index in [2.05, 4.69) is 0 Å². The first-order valence-electron chi connectivity index (χ1n) is 7.62. The molecule has 0 saturated heterocycles. The van der Waals surface area contributed by atoms with Crippen LogP contribution in [0.5, 0.6) is 0 Å². The molecule has 1 aliphatic rings. The smallest absolute Gasteiger partial charge is 0.299 e. The van der Waals surface area contributed by atoms with Crippen LogP contribution in [0, 0.1) is 11.8 Å². The normalized spacial score (nSPS) is 23.0. The highest BCUT2D eigenvalue weighted by Crippen LogP contribution is 2.42. The lowest BCUT2D eigenvalue weighted by Crippen LogP contribution is -2.37. The zero-order chi connectivity index (χ0) is 15.3. The van der Waals surface area contributed by atoms with Crippen molar-refractivity contribution in [3.05, 3.63) is 35.9 Å². The molecule has 1 aromatic rings. The Bertz CT molecular complexity index is 453. The van der Waals surface area contributed by atoms with Gasteiger partial charge in [0.05, 0.1) is 5.92 Å². The van der Waals surface area contributed by atoms with Crippen molar-refractivity contribution in [2.45, 2.75) is 51.1 Å². The molecule has 21 heavy (non-hydrogen) atoms. The van der Waals surface area contributed by atoms with Gasteiger partial charge in [-0.2, -0.15) is 13.2 Å². The predicted octanol–water partition coefficient (Wildman–Crippen LogP) is 4.95. The van der Waals surface area contributed by atoms with Crippen LogP contribution >= 0.6 is 0 Å². The Morgan fingerprint density at radius 3 is 2.43 bits per heavy atom. The Morgan fingerprint density at radius 1 is 1.10 bits per heavy atom. The van der Waals surface area contributed by atoms with E-state index < -0.39 is 18.0 Å². The third-order valence-corrected chi connectivity index (χ3v) is 4.33. The molecule has 1 saturated carbocycles. The van der Waals surface area contributed by atoms with E-state index in [1.165, 1.54) is 0 Å². The van der Waals surface area contributed by atoms with Crippen molar-refractivity contribution in [1.82, 2.24) is 0 Å². The number of Topliss-reactive ketones (excluding diaryl/α,β-unsaturated/α-hetero) is 1. The van der Waals surface area contributed by atoms with E-state index in [4.69, 9.17) is 0 Å². The van der Waals surface area contributed by atoms with Crippen molar-refractivity contribution in [2.24, 2.45) is 11.8 Å². The lowest BCUT2D eigenvalue weighted by Gasteiger charge is -2.32. The zero-order valence-electron chi connectivity index (χ0n) is 12.0. The second kappa shape index (κ2) is 7.10. The number of carbonyl (C=O) groups excluding carboxylic acids is 1. The van der Waals surface area contributed by atoms with Crippen LogP contribution in [-0.2, 0) is 11.2 Å². The molecule has 0 spiro atoms. The first-order chi connectivity index (χ1) is 9.98. The molecule has 1 nitrogen and oxygen atoms in total. The van der Waals surface area contributed by atoms with Crippen molar-refractivity contribution in [3.8, 4) is 0 Å². The fraction of sp³-hybridized carbons (Fsp3) is 0.588. The highest BCUT2D eigenvalue weighted by atomic mass is 19.4. The Balaban J connectivity index is 1.86. The molecule has 2 rings (SSSR count). The van der Waals surface area contributed by atoms with Crippen LogP contribution in [-0.4, -0.2) is 12.0 Å². The van der Waals surface area contributed by atoms with E-state index in [0.717, 1.165) is 18.4 Å². The maximum atomic E-state index is 13.0. The third-order valence-electron chi connectivity index (χ3n) is 4.33. The predicted molar refractivity (Wildman–Crippen MR) is 75.9 cm³/mol. The van der Waals surface area contributed by atoms with Gasteiger partial charge in [0.1, 0.15) is 5.78 Å². The number of ketones is 1. The van der Waals surface area contributed by atoms with Crippen LogP contribution in [0.2, 0.25) is 0 Å². The zero-order valence-corrected chi connectivity index (χ0v) is 12.0. The number of hydrogen-bond donors (Lipinski definition) is 0. The van der Waals surface area contributed by atoms with Crippen molar-refractivity contribution in [2.75, 3.05) is 0 Å². The summed E-state index contributed by atoms with van der Waals surface area (Å²) in [7, 11) is 0. The molecule has 2 atom stereocenters. The van der Waals surface area contributed by atoms with Gasteiger partial charge in [-0.25, -0.2) is 0 Å². The standard InChI is InChI=1S/C17H21F3O/c18-17(19,20)15-11-5-4-10-14(15)16(21)12-6-9-13-7-2-1-3-8-13/h1-3,7-8,14-15H,4-6,9-12H2. The largest absolute Gasteiger partial charge is 0.392 e. The van der Waals surface area contributed by atoms with Crippen LogP contribution in [0.3, 0.4) is 0 Å². The number of halogens is 3. The van der Waals surface area contributed by atoms with E-state index in [-0.39, 0.29) is 18.6 Å². The molecule has 2 unspecified atom stereocenters. The number of alkyl halides is 3. The minimum absolute atomic E-state index is 0.110. The van der Waals surface area contributed by atoms with Gasteiger partial charge in [0.2, 0.25) is 0 Å². The van der Waals surface area contributed by atoms with Gasteiger partial charge in [0.15, 0.2) is 0 Å². The first kappa shape index (κ1) is 16.1. The van der Waals surface area contributed by atoms with E-state index in [0.29, 0.717) is 19.3 Å². The average Bonchev–Trinajstić information content (AvgIpc) is 2.47. The van der Waals surface area contributed by atoms with E-state index in [9.17, 15) is 18.0 Å². The molecule has 0 aromatic heterocycles. The number of rotatable bonds is 5. The molecule has 1 aliphatic carbocycles. The van der Waals surface area contributed by atoms with Gasteiger partial charge in [-0.3, -0.25) is 4.79 Å². The highest BCUT2D eigenvalue weighted by Gasteiger charge is 2.47. The summed E-state index contributed by atoms with van der Waals surface area (Å²) in [6, 6.07) is 9.73. The van der Waals surface area contributed by atoms with Crippen molar-refractivity contribution in [3.63, 3.8) is 0 Å². The van der Waals surface area contributed by atoms with Gasteiger partial charge in [-0.1, -0.05) is 43.2 Å². The molecule has 0 N–H and O–H groups in total. The SMILES string of the molecule is O=C(CCCc1ccccc1)C1CCCCC1C(F)(F)F. The average molecular weight is 298 g/mol. The Morgan fingerprint density at radius 2 is 1.76 bits per heavy atom. The summed E-state index contributed by atoms with van der Waals surface area (Å²) >= 11 is 0. The summed E-state index contributed by atoms with van der Waals surface area (Å²) in [5.41, 5.74) is 1.13. The monoisotopic (exact) mass is 298 g/mol. The number of benzene rings is 1. The molecule has 0 radical (unpaired) electrons. The molecule has 116 valence electrons. The molecule has 1 aromatic carbocycles. The lowest BCUT2D eigenvalue weighted by molar-refractivity contribution is -0.197. The Kier molecular flexibility index (Phi) is 5.43. The second-order valence-corrected chi connectivity index (χ2v) is 5.84. The number of hydrogen-bond acceptors (Lipinski definition) is 1. The Hall–Kier alpha value is -1.32. The fourth-order valence-electron chi connectivity index (χ4n) is 3.20. The second-order valence-electron chi connectivity index (χ2n) is 5.84. The first-order valence-corrected chi connectivity index (χ1v) is 7.62. The van der Waals surface area contributed by atoms with Crippen LogP contribution in [0.15, 0.2) is 30.3 Å². The van der Waals surface area contributed by atoms with Gasteiger partial charge in [-0.05, 0) is 31.2 Å². The maximum Gasteiger partial charge on any atom is 0.392 e. The van der Waals surface area contributed by atoms with Crippen LogP contribution in [0.4, 0.5) is 13.2 Å². The fourth-order valence-corrected chi connectivity index (χ4v) is 3.20. The summed E-state index contributed by atoms with van der Waals surface area (Å²) < 4.78 is 39.0. The van der Waals surface area contributed by atoms with Crippen LogP contribution in [0.25, 0.3) is 0 Å². The van der Waals surface area contributed by atoms with Gasteiger partial charge in [-0.15, -0.1) is 0 Å². The van der Waals surface area contributed by atoms with Gasteiger partial charge >= 0.3 is 6.18 Å². The third kappa shape index (κ3) is 4.58. The summed E-state index contributed by atoms with van der Waals surface area (Å²) in [5.74, 6) is -2.43. The number of aryl methyl sites for hydroxylation is 1. The highest BCUT2D eigenvalue weighted by molar-refractivity contribution is 5.81. The van der Waals surface area contributed by atoms with Gasteiger partial charge < -0.3 is 0 Å². The molecule has 0 bridgehead atoms. The summed E-state index contributed by atoms with van der Waals surface area (Å²) in [5, 5.41) is 0. The van der Waals surface area contributed by atoms with Gasteiger partial charge in [0, 0.05) is 12.3 Å². The quantitative estimate of drug-likeness (QED) is 0.752. The van der Waals surface area contributed by atoms with E-state index in [1.54, 1.807) is 0 Å². The van der Waals surface area contributed by atoms with Crippen LogP contribution < -0.4 is 0 Å². The van der Waals surface area contributed by atoms with E-state index >= 15 is 0 Å². The maximum absolute atomic E-state index is 13.0. The lowest BCUT2D eigenvalue weighted by atomic mass is 9.75. The molecule has 0 heterocycles.